The van der Waals surface area contributed by atoms with Gasteiger partial charge >= 0.3 is 0 Å². The van der Waals surface area contributed by atoms with Gasteiger partial charge in [0.25, 0.3) is 0 Å². The molecule has 3 nitrogen and oxygen atoms in total. The lowest BCUT2D eigenvalue weighted by molar-refractivity contribution is 1.33. The Balaban J connectivity index is 2.84. The number of pyridine rings is 1. The molecule has 0 aliphatic carbocycles. The van der Waals surface area contributed by atoms with Gasteiger partial charge in [-0.05, 0) is 18.2 Å². The van der Waals surface area contributed by atoms with Gasteiger partial charge in [0, 0.05) is 27.6 Å². The lowest BCUT2D eigenvalue weighted by Gasteiger charge is -2.05. The van der Waals surface area contributed by atoms with Gasteiger partial charge in [0.2, 0.25) is 0 Å². The summed E-state index contributed by atoms with van der Waals surface area (Å²) in [6.45, 7) is 0. The van der Waals surface area contributed by atoms with Crippen LogP contribution in [0.4, 0.5) is 5.69 Å². The second kappa shape index (κ2) is 3.32. The minimum absolute atomic E-state index is 0.881. The zero-order chi connectivity index (χ0) is 9.26. The van der Waals surface area contributed by atoms with Crippen molar-refractivity contribution in [1.29, 1.82) is 0 Å². The summed E-state index contributed by atoms with van der Waals surface area (Å²) in [6.07, 6.45) is 3.54. The number of anilines is 1. The topological polar surface area (TPSA) is 50.9 Å². The van der Waals surface area contributed by atoms with Crippen molar-refractivity contribution in [3.8, 4) is 0 Å². The number of hydrogen-bond acceptors (Lipinski definition) is 3. The third-order valence-electron chi connectivity index (χ3n) is 1.92. The fraction of sp³-hybridized carbons (Fsp3) is 0. The number of fused-ring (bicyclic) bond motifs is 1. The van der Waals surface area contributed by atoms with Crippen molar-refractivity contribution in [1.82, 2.24) is 4.98 Å². The number of nitrogens with one attached hydrogen (secondary N) is 1. The van der Waals surface area contributed by atoms with E-state index in [9.17, 15) is 0 Å². The van der Waals surface area contributed by atoms with Crippen LogP contribution < -0.4 is 11.3 Å². The van der Waals surface area contributed by atoms with Gasteiger partial charge < -0.3 is 5.43 Å². The second-order valence-corrected chi connectivity index (χ2v) is 3.51. The number of benzene rings is 1. The van der Waals surface area contributed by atoms with E-state index in [4.69, 9.17) is 5.84 Å². The van der Waals surface area contributed by atoms with Crippen molar-refractivity contribution in [2.45, 2.75) is 0 Å². The molecule has 2 rings (SSSR count). The number of nitrogens with zero attached hydrogens (tertiary/aromatic N) is 1. The molecule has 66 valence electrons. The molecule has 0 spiro atoms. The molecule has 13 heavy (non-hydrogen) atoms. The normalized spacial score (nSPS) is 10.3. The Morgan fingerprint density at radius 1 is 1.23 bits per heavy atom. The van der Waals surface area contributed by atoms with E-state index < -0.39 is 0 Å². The molecule has 0 saturated heterocycles. The third-order valence-corrected chi connectivity index (χ3v) is 2.61. The average molecular weight is 238 g/mol. The van der Waals surface area contributed by atoms with E-state index >= 15 is 0 Å². The average Bonchev–Trinajstić information content (AvgIpc) is 2.19. The SMILES string of the molecule is NNc1ccc(Br)c2ccncc12. The van der Waals surface area contributed by atoms with Gasteiger partial charge in [-0.3, -0.25) is 10.8 Å². The first-order valence-electron chi connectivity index (χ1n) is 3.82. The summed E-state index contributed by atoms with van der Waals surface area (Å²) in [5.41, 5.74) is 3.52. The van der Waals surface area contributed by atoms with Crippen LogP contribution in [0.2, 0.25) is 0 Å². The molecule has 0 bridgehead atoms. The Bertz CT molecular complexity index is 442. The fourth-order valence-electron chi connectivity index (χ4n) is 1.28. The molecule has 0 aliphatic rings. The van der Waals surface area contributed by atoms with Crippen molar-refractivity contribution in [2.75, 3.05) is 5.43 Å². The molecule has 2 aromatic rings. The number of nitrogen functional groups attached to an aromatic ring is 1. The minimum atomic E-state index is 0.881. The lowest BCUT2D eigenvalue weighted by Crippen LogP contribution is -2.07. The molecule has 0 aliphatic heterocycles. The predicted octanol–water partition coefficient (Wildman–Crippen LogP) is 2.28. The molecule has 0 saturated carbocycles. The lowest BCUT2D eigenvalue weighted by atomic mass is 10.1. The van der Waals surface area contributed by atoms with Gasteiger partial charge in [-0.1, -0.05) is 15.9 Å². The van der Waals surface area contributed by atoms with Crippen LogP contribution in [-0.2, 0) is 0 Å². The minimum Gasteiger partial charge on any atom is -0.323 e. The zero-order valence-corrected chi connectivity index (χ0v) is 8.38. The molecule has 3 N–H and O–H groups in total. The highest BCUT2D eigenvalue weighted by atomic mass is 79.9. The van der Waals surface area contributed by atoms with E-state index in [1.54, 1.807) is 12.4 Å². The molecule has 0 atom stereocenters. The van der Waals surface area contributed by atoms with E-state index in [-0.39, 0.29) is 0 Å². The molecule has 1 aromatic carbocycles. The highest BCUT2D eigenvalue weighted by molar-refractivity contribution is 9.10. The van der Waals surface area contributed by atoms with E-state index in [0.717, 1.165) is 20.9 Å². The Labute approximate surface area is 84.1 Å². The Morgan fingerprint density at radius 2 is 2.08 bits per heavy atom. The van der Waals surface area contributed by atoms with Crippen LogP contribution in [0, 0.1) is 0 Å². The van der Waals surface area contributed by atoms with Gasteiger partial charge in [-0.2, -0.15) is 0 Å². The summed E-state index contributed by atoms with van der Waals surface area (Å²) >= 11 is 3.46. The maximum absolute atomic E-state index is 5.37. The van der Waals surface area contributed by atoms with Crippen molar-refractivity contribution in [2.24, 2.45) is 5.84 Å². The largest absolute Gasteiger partial charge is 0.323 e. The smallest absolute Gasteiger partial charge is 0.0579 e. The summed E-state index contributed by atoms with van der Waals surface area (Å²) in [4.78, 5) is 4.05. The van der Waals surface area contributed by atoms with E-state index in [1.807, 2.05) is 18.2 Å². The van der Waals surface area contributed by atoms with Crippen LogP contribution in [0.5, 0.6) is 0 Å². The van der Waals surface area contributed by atoms with E-state index in [0.29, 0.717) is 0 Å². The Morgan fingerprint density at radius 3 is 2.85 bits per heavy atom. The molecule has 4 heteroatoms. The van der Waals surface area contributed by atoms with Crippen LogP contribution in [0.15, 0.2) is 35.1 Å². The van der Waals surface area contributed by atoms with Crippen LogP contribution in [0.1, 0.15) is 0 Å². The first kappa shape index (κ1) is 8.47. The Hall–Kier alpha value is -1.13. The van der Waals surface area contributed by atoms with Crippen LogP contribution in [-0.4, -0.2) is 4.98 Å². The predicted molar refractivity (Wildman–Crippen MR) is 57.3 cm³/mol. The van der Waals surface area contributed by atoms with Crippen LogP contribution in [0.25, 0.3) is 10.8 Å². The maximum Gasteiger partial charge on any atom is 0.0579 e. The molecular weight excluding hydrogens is 230 g/mol. The molecule has 0 radical (unpaired) electrons. The van der Waals surface area contributed by atoms with Gasteiger partial charge in [0.05, 0.1) is 5.69 Å². The summed E-state index contributed by atoms with van der Waals surface area (Å²) in [5, 5.41) is 2.12. The molecular formula is C9H8BrN3. The first-order valence-corrected chi connectivity index (χ1v) is 4.61. The number of nitrogens with two attached hydrogens (primary N) is 1. The number of halogens is 1. The molecule has 0 unspecified atom stereocenters. The van der Waals surface area contributed by atoms with Crippen LogP contribution in [0.3, 0.4) is 0 Å². The molecule has 1 heterocycles. The van der Waals surface area contributed by atoms with Crippen LogP contribution >= 0.6 is 15.9 Å². The summed E-state index contributed by atoms with van der Waals surface area (Å²) < 4.78 is 1.05. The summed E-state index contributed by atoms with van der Waals surface area (Å²) in [5.74, 6) is 5.37. The quantitative estimate of drug-likeness (QED) is 0.591. The summed E-state index contributed by atoms with van der Waals surface area (Å²) in [6, 6.07) is 5.81. The van der Waals surface area contributed by atoms with Gasteiger partial charge in [0.1, 0.15) is 0 Å². The molecule has 0 fully saturated rings. The zero-order valence-electron chi connectivity index (χ0n) is 6.79. The highest BCUT2D eigenvalue weighted by Gasteiger charge is 2.01. The van der Waals surface area contributed by atoms with Crippen molar-refractivity contribution in [3.05, 3.63) is 35.1 Å². The first-order chi connectivity index (χ1) is 6.33. The van der Waals surface area contributed by atoms with Gasteiger partial charge in [0.15, 0.2) is 0 Å². The maximum atomic E-state index is 5.37. The molecule has 0 amide bonds. The number of hydrazine groups is 1. The van der Waals surface area contributed by atoms with Crippen molar-refractivity contribution in [3.63, 3.8) is 0 Å². The fourth-order valence-corrected chi connectivity index (χ4v) is 1.76. The third kappa shape index (κ3) is 1.38. The molecule has 1 aromatic heterocycles. The summed E-state index contributed by atoms with van der Waals surface area (Å²) in [7, 11) is 0. The Kier molecular flexibility index (Phi) is 2.16. The number of hydrogen-bond donors (Lipinski definition) is 2. The number of aromatic nitrogens is 1. The highest BCUT2D eigenvalue weighted by Crippen LogP contribution is 2.28. The van der Waals surface area contributed by atoms with Crippen molar-refractivity contribution >= 4 is 32.4 Å². The van der Waals surface area contributed by atoms with Gasteiger partial charge in [-0.25, -0.2) is 0 Å². The monoisotopic (exact) mass is 237 g/mol. The van der Waals surface area contributed by atoms with E-state index in [2.05, 4.69) is 26.3 Å². The van der Waals surface area contributed by atoms with E-state index in [1.165, 1.54) is 0 Å². The van der Waals surface area contributed by atoms with Crippen molar-refractivity contribution < 1.29 is 0 Å². The van der Waals surface area contributed by atoms with Gasteiger partial charge in [-0.15, -0.1) is 0 Å². The number of rotatable bonds is 1. The standard InChI is InChI=1S/C9H8BrN3/c10-8-1-2-9(13-11)7-5-12-4-3-6(7)8/h1-5,13H,11H2. The second-order valence-electron chi connectivity index (χ2n) is 2.66.